The molecular formula is C35H19N3O. The quantitative estimate of drug-likeness (QED) is 0.176. The zero-order chi connectivity index (χ0) is 25.9. The van der Waals surface area contributed by atoms with Crippen LogP contribution < -0.4 is 0 Å². The van der Waals surface area contributed by atoms with Gasteiger partial charge in [0.1, 0.15) is 11.2 Å². The molecule has 5 aromatic carbocycles. The Morgan fingerprint density at radius 2 is 1.36 bits per heavy atom. The molecule has 180 valence electrons. The van der Waals surface area contributed by atoms with Crippen LogP contribution in [0.5, 0.6) is 0 Å². The average molecular weight is 498 g/mol. The minimum Gasteiger partial charge on any atom is -0.456 e. The Hall–Kier alpha value is -5.53. The van der Waals surface area contributed by atoms with E-state index in [1.165, 1.54) is 5.39 Å². The van der Waals surface area contributed by atoms with Gasteiger partial charge in [-0.15, -0.1) is 0 Å². The van der Waals surface area contributed by atoms with Crippen molar-refractivity contribution in [3.63, 3.8) is 0 Å². The predicted octanol–water partition coefficient (Wildman–Crippen LogP) is 9.72. The highest BCUT2D eigenvalue weighted by Crippen LogP contribution is 2.38. The molecule has 0 bridgehead atoms. The molecule has 0 radical (unpaired) electrons. The average Bonchev–Trinajstić information content (AvgIpc) is 3.37. The van der Waals surface area contributed by atoms with Crippen molar-refractivity contribution in [3.8, 4) is 22.4 Å². The summed E-state index contributed by atoms with van der Waals surface area (Å²) < 4.78 is 6.04. The summed E-state index contributed by atoms with van der Waals surface area (Å²) in [5.41, 5.74) is 8.08. The second-order valence-corrected chi connectivity index (χ2v) is 9.73. The SMILES string of the molecule is [C-]#[N+]c1ccc2oc3ccc(-c4ccc5c(c4)nc(-c4ccccc4)c4ncc6ccccc6c45)cc3c2c1. The van der Waals surface area contributed by atoms with Crippen LogP contribution in [0.2, 0.25) is 0 Å². The second kappa shape index (κ2) is 8.24. The number of rotatable bonds is 2. The van der Waals surface area contributed by atoms with Gasteiger partial charge in [0.2, 0.25) is 0 Å². The van der Waals surface area contributed by atoms with Crippen LogP contribution in [0.3, 0.4) is 0 Å². The van der Waals surface area contributed by atoms with E-state index in [1.54, 1.807) is 6.07 Å². The summed E-state index contributed by atoms with van der Waals surface area (Å²) in [5.74, 6) is 0. The molecule has 3 heterocycles. The van der Waals surface area contributed by atoms with E-state index in [0.717, 1.165) is 71.5 Å². The molecule has 0 saturated heterocycles. The largest absolute Gasteiger partial charge is 0.456 e. The van der Waals surface area contributed by atoms with Gasteiger partial charge in [0.05, 0.1) is 23.3 Å². The van der Waals surface area contributed by atoms with E-state index in [1.807, 2.05) is 48.7 Å². The first-order valence-corrected chi connectivity index (χ1v) is 12.8. The van der Waals surface area contributed by atoms with Crippen molar-refractivity contribution >= 4 is 60.2 Å². The molecule has 0 aliphatic carbocycles. The van der Waals surface area contributed by atoms with E-state index in [0.29, 0.717) is 5.69 Å². The van der Waals surface area contributed by atoms with Crippen molar-refractivity contribution in [2.75, 3.05) is 0 Å². The number of fused-ring (bicyclic) bond motifs is 8. The molecule has 0 atom stereocenters. The van der Waals surface area contributed by atoms with Crippen molar-refractivity contribution < 1.29 is 4.42 Å². The molecule has 3 aromatic heterocycles. The van der Waals surface area contributed by atoms with Gasteiger partial charge in [-0.3, -0.25) is 4.98 Å². The highest BCUT2D eigenvalue weighted by atomic mass is 16.3. The topological polar surface area (TPSA) is 43.3 Å². The normalized spacial score (nSPS) is 11.6. The molecule has 0 spiro atoms. The lowest BCUT2D eigenvalue weighted by molar-refractivity contribution is 0.669. The van der Waals surface area contributed by atoms with Gasteiger partial charge in [-0.05, 0) is 46.8 Å². The van der Waals surface area contributed by atoms with Crippen LogP contribution in [0.1, 0.15) is 0 Å². The lowest BCUT2D eigenvalue weighted by Gasteiger charge is -2.13. The third kappa shape index (κ3) is 3.31. The molecule has 0 saturated carbocycles. The zero-order valence-corrected chi connectivity index (χ0v) is 20.7. The van der Waals surface area contributed by atoms with Crippen LogP contribution in [-0.4, -0.2) is 9.97 Å². The highest BCUT2D eigenvalue weighted by Gasteiger charge is 2.16. The number of hydrogen-bond donors (Lipinski definition) is 0. The van der Waals surface area contributed by atoms with E-state index in [9.17, 15) is 0 Å². The summed E-state index contributed by atoms with van der Waals surface area (Å²) in [6, 6.07) is 36.9. The predicted molar refractivity (Wildman–Crippen MR) is 159 cm³/mol. The Labute approximate surface area is 223 Å². The van der Waals surface area contributed by atoms with Gasteiger partial charge in [-0.25, -0.2) is 9.83 Å². The fourth-order valence-electron chi connectivity index (χ4n) is 5.62. The Morgan fingerprint density at radius 3 is 2.23 bits per heavy atom. The molecule has 0 aliphatic rings. The van der Waals surface area contributed by atoms with Crippen LogP contribution in [0, 0.1) is 6.57 Å². The summed E-state index contributed by atoms with van der Waals surface area (Å²) in [6.45, 7) is 7.40. The first kappa shape index (κ1) is 21.5. The molecule has 0 unspecified atom stereocenters. The Kier molecular flexibility index (Phi) is 4.55. The van der Waals surface area contributed by atoms with Crippen molar-refractivity contribution in [2.24, 2.45) is 0 Å². The lowest BCUT2D eigenvalue weighted by atomic mass is 9.96. The lowest BCUT2D eigenvalue weighted by Crippen LogP contribution is -1.93. The Morgan fingerprint density at radius 1 is 0.615 bits per heavy atom. The van der Waals surface area contributed by atoms with Gasteiger partial charge in [0, 0.05) is 38.7 Å². The maximum atomic E-state index is 7.40. The molecule has 0 N–H and O–H groups in total. The fraction of sp³-hybridized carbons (Fsp3) is 0. The molecule has 0 fully saturated rings. The third-order valence-electron chi connectivity index (χ3n) is 7.49. The summed E-state index contributed by atoms with van der Waals surface area (Å²) in [6.07, 6.45) is 1.94. The van der Waals surface area contributed by atoms with Crippen molar-refractivity contribution in [2.45, 2.75) is 0 Å². The number of furan rings is 1. The molecule has 0 amide bonds. The van der Waals surface area contributed by atoms with E-state index in [-0.39, 0.29) is 0 Å². The highest BCUT2D eigenvalue weighted by molar-refractivity contribution is 6.21. The van der Waals surface area contributed by atoms with Gasteiger partial charge in [-0.2, -0.15) is 0 Å². The first-order valence-electron chi connectivity index (χ1n) is 12.8. The first-order chi connectivity index (χ1) is 19.3. The van der Waals surface area contributed by atoms with E-state index < -0.39 is 0 Å². The monoisotopic (exact) mass is 497 g/mol. The maximum Gasteiger partial charge on any atom is 0.188 e. The van der Waals surface area contributed by atoms with Gasteiger partial charge in [0.25, 0.3) is 0 Å². The molecule has 4 heteroatoms. The number of benzene rings is 5. The van der Waals surface area contributed by atoms with Crippen LogP contribution in [-0.2, 0) is 0 Å². The Balaban J connectivity index is 1.41. The standard InChI is InChI=1S/C35H19N3O/c1-36-25-13-16-32-29(19-25)28-17-22(12-15-31(28)39-32)23-11-14-27-30(18-23)38-34(21-7-3-2-4-8-21)35-33(27)26-10-6-5-9-24(26)20-37-35/h2-20H. The molecular weight excluding hydrogens is 478 g/mol. The molecule has 4 nitrogen and oxygen atoms in total. The summed E-state index contributed by atoms with van der Waals surface area (Å²) >= 11 is 0. The van der Waals surface area contributed by atoms with E-state index >= 15 is 0 Å². The van der Waals surface area contributed by atoms with Gasteiger partial charge in [0.15, 0.2) is 5.69 Å². The fourth-order valence-corrected chi connectivity index (χ4v) is 5.62. The van der Waals surface area contributed by atoms with Gasteiger partial charge >= 0.3 is 0 Å². The van der Waals surface area contributed by atoms with Crippen molar-refractivity contribution in [1.82, 2.24) is 9.97 Å². The number of aromatic nitrogens is 2. The van der Waals surface area contributed by atoms with Gasteiger partial charge < -0.3 is 4.42 Å². The van der Waals surface area contributed by atoms with Crippen molar-refractivity contribution in [3.05, 3.63) is 127 Å². The zero-order valence-electron chi connectivity index (χ0n) is 20.7. The molecule has 39 heavy (non-hydrogen) atoms. The van der Waals surface area contributed by atoms with Crippen LogP contribution >= 0.6 is 0 Å². The molecule has 0 aliphatic heterocycles. The number of nitrogens with zero attached hydrogens (tertiary/aromatic N) is 3. The van der Waals surface area contributed by atoms with Crippen LogP contribution in [0.4, 0.5) is 5.69 Å². The maximum absolute atomic E-state index is 7.40. The number of pyridine rings is 2. The molecule has 8 rings (SSSR count). The summed E-state index contributed by atoms with van der Waals surface area (Å²) in [7, 11) is 0. The van der Waals surface area contributed by atoms with Gasteiger partial charge in [-0.1, -0.05) is 78.9 Å². The molecule has 8 aromatic rings. The third-order valence-corrected chi connectivity index (χ3v) is 7.49. The summed E-state index contributed by atoms with van der Waals surface area (Å²) in [4.78, 5) is 13.7. The number of hydrogen-bond acceptors (Lipinski definition) is 3. The minimum atomic E-state index is 0.603. The van der Waals surface area contributed by atoms with Crippen LogP contribution in [0.15, 0.2) is 120 Å². The van der Waals surface area contributed by atoms with Crippen molar-refractivity contribution in [1.29, 1.82) is 0 Å². The van der Waals surface area contributed by atoms with E-state index in [4.69, 9.17) is 21.0 Å². The van der Waals surface area contributed by atoms with E-state index in [2.05, 4.69) is 65.5 Å². The van der Waals surface area contributed by atoms with Crippen LogP contribution in [0.25, 0.3) is 81.7 Å². The Bertz CT molecular complexity index is 2290. The smallest absolute Gasteiger partial charge is 0.188 e. The summed E-state index contributed by atoms with van der Waals surface area (Å²) in [5, 5.41) is 6.42. The second-order valence-electron chi connectivity index (χ2n) is 9.73. The minimum absolute atomic E-state index is 0.603.